The Kier molecular flexibility index (Phi) is 5.64. The van der Waals surface area contributed by atoms with Gasteiger partial charge in [-0.25, -0.2) is 4.98 Å². The molecule has 0 saturated carbocycles. The molecule has 6 nitrogen and oxygen atoms in total. The normalized spacial score (nSPS) is 10.7. The van der Waals surface area contributed by atoms with Crippen LogP contribution >= 0.6 is 0 Å². The van der Waals surface area contributed by atoms with Crippen molar-refractivity contribution in [3.8, 4) is 5.75 Å². The Morgan fingerprint density at radius 2 is 2.17 bits per heavy atom. The van der Waals surface area contributed by atoms with Crippen LogP contribution in [0.2, 0.25) is 0 Å². The third-order valence-electron chi connectivity index (χ3n) is 2.99. The number of methoxy groups -OCH3 is 1. The van der Waals surface area contributed by atoms with Gasteiger partial charge in [0.25, 0.3) is 5.56 Å². The molecule has 18 heavy (non-hydrogen) atoms. The number of anilines is 1. The lowest BCUT2D eigenvalue weighted by Gasteiger charge is -2.31. The average molecular weight is 255 g/mol. The van der Waals surface area contributed by atoms with E-state index in [1.807, 2.05) is 4.90 Å². The third kappa shape index (κ3) is 3.01. The molecule has 102 valence electrons. The molecule has 1 aromatic rings. The quantitative estimate of drug-likeness (QED) is 0.752. The van der Waals surface area contributed by atoms with E-state index >= 15 is 0 Å². The summed E-state index contributed by atoms with van der Waals surface area (Å²) in [5.74, 6) is 0.682. The molecule has 0 spiro atoms. The molecule has 6 heteroatoms. The molecular formula is C12H21N3O3. The maximum atomic E-state index is 11.7. The highest BCUT2D eigenvalue weighted by atomic mass is 16.5. The van der Waals surface area contributed by atoms with Crippen molar-refractivity contribution in [2.75, 3.05) is 25.2 Å². The van der Waals surface area contributed by atoms with Crippen molar-refractivity contribution in [2.45, 2.75) is 32.7 Å². The van der Waals surface area contributed by atoms with Gasteiger partial charge < -0.3 is 19.7 Å². The van der Waals surface area contributed by atoms with Gasteiger partial charge in [0.1, 0.15) is 0 Å². The number of nitrogens with one attached hydrogen (secondary N) is 1. The molecule has 0 radical (unpaired) electrons. The highest BCUT2D eigenvalue weighted by molar-refractivity contribution is 5.51. The van der Waals surface area contributed by atoms with E-state index < -0.39 is 0 Å². The molecular weight excluding hydrogens is 234 g/mol. The standard InChI is InChI=1S/C12H21N3O3/c1-4-9(5-2)15(6-7-16)11-10(18-3)12(17)14-8-13-11/h8-9,16H,4-7H2,1-3H3,(H,13,14,17). The first-order valence-electron chi connectivity index (χ1n) is 6.18. The summed E-state index contributed by atoms with van der Waals surface area (Å²) >= 11 is 0. The summed E-state index contributed by atoms with van der Waals surface area (Å²) in [6, 6.07) is 0.223. The summed E-state index contributed by atoms with van der Waals surface area (Å²) < 4.78 is 5.11. The Balaban J connectivity index is 3.20. The smallest absolute Gasteiger partial charge is 0.295 e. The molecule has 0 atom stereocenters. The lowest BCUT2D eigenvalue weighted by molar-refractivity contribution is 0.294. The highest BCUT2D eigenvalue weighted by Crippen LogP contribution is 2.24. The van der Waals surface area contributed by atoms with Gasteiger partial charge in [0.2, 0.25) is 5.75 Å². The van der Waals surface area contributed by atoms with Crippen LogP contribution in [0.4, 0.5) is 5.82 Å². The maximum absolute atomic E-state index is 11.7. The third-order valence-corrected chi connectivity index (χ3v) is 2.99. The number of aliphatic hydroxyl groups excluding tert-OH is 1. The molecule has 0 bridgehead atoms. The van der Waals surface area contributed by atoms with Crippen LogP contribution in [-0.4, -0.2) is 41.4 Å². The first kappa shape index (κ1) is 14.5. The van der Waals surface area contributed by atoms with Crippen LogP contribution in [0.15, 0.2) is 11.1 Å². The summed E-state index contributed by atoms with van der Waals surface area (Å²) in [6.07, 6.45) is 3.18. The fourth-order valence-electron chi connectivity index (χ4n) is 2.06. The van der Waals surface area contributed by atoms with E-state index in [9.17, 15) is 9.90 Å². The lowest BCUT2D eigenvalue weighted by Crippen LogP contribution is -2.38. The highest BCUT2D eigenvalue weighted by Gasteiger charge is 2.21. The van der Waals surface area contributed by atoms with Crippen molar-refractivity contribution in [1.82, 2.24) is 9.97 Å². The molecule has 0 aromatic carbocycles. The van der Waals surface area contributed by atoms with Gasteiger partial charge in [-0.15, -0.1) is 0 Å². The zero-order valence-electron chi connectivity index (χ0n) is 11.1. The van der Waals surface area contributed by atoms with Crippen LogP contribution in [0.1, 0.15) is 26.7 Å². The van der Waals surface area contributed by atoms with Gasteiger partial charge in [-0.05, 0) is 12.8 Å². The zero-order chi connectivity index (χ0) is 13.5. The van der Waals surface area contributed by atoms with Gasteiger partial charge >= 0.3 is 0 Å². The van der Waals surface area contributed by atoms with Crippen LogP contribution in [0.25, 0.3) is 0 Å². The van der Waals surface area contributed by atoms with E-state index in [0.717, 1.165) is 12.8 Å². The van der Waals surface area contributed by atoms with Crippen LogP contribution in [0.5, 0.6) is 5.75 Å². The Morgan fingerprint density at radius 3 is 2.67 bits per heavy atom. The number of aliphatic hydroxyl groups is 1. The molecule has 1 aromatic heterocycles. The Morgan fingerprint density at radius 1 is 1.50 bits per heavy atom. The van der Waals surface area contributed by atoms with Crippen molar-refractivity contribution in [3.63, 3.8) is 0 Å². The molecule has 0 amide bonds. The minimum Gasteiger partial charge on any atom is -0.489 e. The van der Waals surface area contributed by atoms with Crippen molar-refractivity contribution < 1.29 is 9.84 Å². The number of hydrogen-bond acceptors (Lipinski definition) is 5. The van der Waals surface area contributed by atoms with Crippen LogP contribution in [-0.2, 0) is 0 Å². The van der Waals surface area contributed by atoms with E-state index in [4.69, 9.17) is 4.74 Å². The second kappa shape index (κ2) is 7.00. The number of H-pyrrole nitrogens is 1. The maximum Gasteiger partial charge on any atom is 0.295 e. The molecule has 1 heterocycles. The number of aromatic nitrogens is 2. The topological polar surface area (TPSA) is 78.5 Å². The predicted molar refractivity (Wildman–Crippen MR) is 70.2 cm³/mol. The summed E-state index contributed by atoms with van der Waals surface area (Å²) in [7, 11) is 1.44. The van der Waals surface area contributed by atoms with Crippen LogP contribution in [0, 0.1) is 0 Å². The lowest BCUT2D eigenvalue weighted by atomic mass is 10.1. The van der Waals surface area contributed by atoms with Gasteiger partial charge in [0.15, 0.2) is 5.82 Å². The van der Waals surface area contributed by atoms with Gasteiger partial charge in [0.05, 0.1) is 20.0 Å². The van der Waals surface area contributed by atoms with Gasteiger partial charge in [-0.1, -0.05) is 13.8 Å². The van der Waals surface area contributed by atoms with Crippen molar-refractivity contribution in [3.05, 3.63) is 16.7 Å². The molecule has 0 aliphatic heterocycles. The summed E-state index contributed by atoms with van der Waals surface area (Å²) in [4.78, 5) is 20.3. The monoisotopic (exact) mass is 255 g/mol. The van der Waals surface area contributed by atoms with Gasteiger partial charge in [0, 0.05) is 12.6 Å². The molecule has 0 saturated heterocycles. The molecule has 0 unspecified atom stereocenters. The van der Waals surface area contributed by atoms with Crippen LogP contribution < -0.4 is 15.2 Å². The number of ether oxygens (including phenoxy) is 1. The van der Waals surface area contributed by atoms with E-state index in [1.165, 1.54) is 13.4 Å². The molecule has 0 fully saturated rings. The zero-order valence-corrected chi connectivity index (χ0v) is 11.1. The molecule has 0 aliphatic rings. The Bertz CT molecular complexity index is 415. The average Bonchev–Trinajstić information content (AvgIpc) is 2.38. The number of nitrogens with zero attached hydrogens (tertiary/aromatic N) is 2. The summed E-state index contributed by atoms with van der Waals surface area (Å²) in [5, 5.41) is 9.17. The molecule has 0 aliphatic carbocycles. The molecule has 1 rings (SSSR count). The number of rotatable bonds is 7. The van der Waals surface area contributed by atoms with Crippen LogP contribution in [0.3, 0.4) is 0 Å². The number of hydrogen-bond donors (Lipinski definition) is 2. The minimum atomic E-state index is -0.309. The Hall–Kier alpha value is -1.56. The van der Waals surface area contributed by atoms with Gasteiger partial charge in [-0.2, -0.15) is 0 Å². The minimum absolute atomic E-state index is 0.00807. The summed E-state index contributed by atoms with van der Waals surface area (Å²) in [5.41, 5.74) is -0.309. The van der Waals surface area contributed by atoms with E-state index in [-0.39, 0.29) is 24.0 Å². The predicted octanol–water partition coefficient (Wildman–Crippen LogP) is 0.766. The first-order chi connectivity index (χ1) is 8.69. The van der Waals surface area contributed by atoms with E-state index in [0.29, 0.717) is 12.4 Å². The first-order valence-corrected chi connectivity index (χ1v) is 6.18. The van der Waals surface area contributed by atoms with E-state index in [1.54, 1.807) is 0 Å². The second-order valence-corrected chi connectivity index (χ2v) is 3.98. The van der Waals surface area contributed by atoms with E-state index in [2.05, 4.69) is 23.8 Å². The fourth-order valence-corrected chi connectivity index (χ4v) is 2.06. The largest absolute Gasteiger partial charge is 0.489 e. The SMILES string of the molecule is CCC(CC)N(CCO)c1nc[nH]c(=O)c1OC. The second-order valence-electron chi connectivity index (χ2n) is 3.98. The Labute approximate surface area is 107 Å². The van der Waals surface area contributed by atoms with Gasteiger partial charge in [-0.3, -0.25) is 4.79 Å². The summed E-state index contributed by atoms with van der Waals surface area (Å²) in [6.45, 7) is 4.57. The van der Waals surface area contributed by atoms with Crippen molar-refractivity contribution in [2.24, 2.45) is 0 Å². The van der Waals surface area contributed by atoms with Crippen molar-refractivity contribution >= 4 is 5.82 Å². The number of aromatic amines is 1. The van der Waals surface area contributed by atoms with Crippen molar-refractivity contribution in [1.29, 1.82) is 0 Å². The fraction of sp³-hybridized carbons (Fsp3) is 0.667. The molecule has 2 N–H and O–H groups in total.